The lowest BCUT2D eigenvalue weighted by Gasteiger charge is -2.17. The highest BCUT2D eigenvalue weighted by Crippen LogP contribution is 2.40. The van der Waals surface area contributed by atoms with E-state index in [1.165, 1.54) is 4.90 Å². The van der Waals surface area contributed by atoms with Gasteiger partial charge in [-0.25, -0.2) is 0 Å². The fraction of sp³-hybridized carbons (Fsp3) is 0.385. The van der Waals surface area contributed by atoms with Crippen LogP contribution in [-0.4, -0.2) is 31.1 Å². The summed E-state index contributed by atoms with van der Waals surface area (Å²) in [5.41, 5.74) is 0.733. The number of methoxy groups -OCH3 is 1. The summed E-state index contributed by atoms with van der Waals surface area (Å²) in [4.78, 5) is 24.2. The third-order valence-electron chi connectivity index (χ3n) is 3.22. The van der Waals surface area contributed by atoms with Crippen molar-refractivity contribution >= 4 is 17.6 Å². The van der Waals surface area contributed by atoms with Crippen LogP contribution in [0, 0.1) is 11.8 Å². The number of carbonyl (C=O) groups is 2. The lowest BCUT2D eigenvalue weighted by molar-refractivity contribution is -0.139. The zero-order chi connectivity index (χ0) is 13.3. The van der Waals surface area contributed by atoms with Crippen molar-refractivity contribution in [3.8, 4) is 5.75 Å². The zero-order valence-corrected chi connectivity index (χ0v) is 10.3. The van der Waals surface area contributed by atoms with Gasteiger partial charge >= 0.3 is 5.97 Å². The fourth-order valence-electron chi connectivity index (χ4n) is 1.92. The molecule has 1 aromatic carbocycles. The second-order valence-corrected chi connectivity index (χ2v) is 4.38. The molecule has 0 aromatic heterocycles. The molecule has 1 fully saturated rings. The lowest BCUT2D eigenvalue weighted by Crippen LogP contribution is -2.28. The van der Waals surface area contributed by atoms with E-state index in [1.54, 1.807) is 38.4 Å². The largest absolute Gasteiger partial charge is 0.497 e. The molecule has 5 nitrogen and oxygen atoms in total. The van der Waals surface area contributed by atoms with E-state index in [-0.39, 0.29) is 11.8 Å². The van der Waals surface area contributed by atoms with Crippen molar-refractivity contribution in [3.05, 3.63) is 24.3 Å². The number of aliphatic carboxylic acids is 1. The molecule has 0 bridgehead atoms. The van der Waals surface area contributed by atoms with E-state index in [0.717, 1.165) is 11.4 Å². The summed E-state index contributed by atoms with van der Waals surface area (Å²) in [5, 5.41) is 8.81. The van der Waals surface area contributed by atoms with Gasteiger partial charge in [0.15, 0.2) is 0 Å². The molecule has 0 saturated heterocycles. The molecule has 0 radical (unpaired) electrons. The quantitative estimate of drug-likeness (QED) is 0.875. The van der Waals surface area contributed by atoms with Gasteiger partial charge < -0.3 is 14.7 Å². The molecule has 1 amide bonds. The minimum Gasteiger partial charge on any atom is -0.497 e. The van der Waals surface area contributed by atoms with Gasteiger partial charge in [0.1, 0.15) is 5.75 Å². The first-order chi connectivity index (χ1) is 8.54. The Labute approximate surface area is 105 Å². The maximum Gasteiger partial charge on any atom is 0.307 e. The van der Waals surface area contributed by atoms with Crippen LogP contribution >= 0.6 is 0 Å². The topological polar surface area (TPSA) is 66.8 Å². The van der Waals surface area contributed by atoms with E-state index in [4.69, 9.17) is 9.84 Å². The molecule has 96 valence electrons. The van der Waals surface area contributed by atoms with Gasteiger partial charge in [-0.3, -0.25) is 9.59 Å². The van der Waals surface area contributed by atoms with Crippen molar-refractivity contribution in [2.24, 2.45) is 11.8 Å². The summed E-state index contributed by atoms with van der Waals surface area (Å²) >= 11 is 0. The average molecular weight is 249 g/mol. The summed E-state index contributed by atoms with van der Waals surface area (Å²) in [5.74, 6) is -1.22. The summed E-state index contributed by atoms with van der Waals surface area (Å²) < 4.78 is 5.04. The third kappa shape index (κ3) is 2.30. The highest BCUT2D eigenvalue weighted by atomic mass is 16.5. The van der Waals surface area contributed by atoms with E-state index >= 15 is 0 Å². The van der Waals surface area contributed by atoms with Crippen LogP contribution in [0.3, 0.4) is 0 Å². The highest BCUT2D eigenvalue weighted by Gasteiger charge is 2.49. The maximum atomic E-state index is 12.0. The molecule has 1 aliphatic carbocycles. The summed E-state index contributed by atoms with van der Waals surface area (Å²) in [6.07, 6.45) is 0.439. The molecule has 0 heterocycles. The molecule has 0 aliphatic heterocycles. The average Bonchev–Trinajstić information content (AvgIpc) is 3.17. The van der Waals surface area contributed by atoms with Crippen LogP contribution in [0.2, 0.25) is 0 Å². The van der Waals surface area contributed by atoms with Crippen molar-refractivity contribution in [1.29, 1.82) is 0 Å². The van der Waals surface area contributed by atoms with Gasteiger partial charge in [-0.1, -0.05) is 0 Å². The molecule has 2 unspecified atom stereocenters. The molecule has 1 saturated carbocycles. The van der Waals surface area contributed by atoms with E-state index in [0.29, 0.717) is 6.42 Å². The Morgan fingerprint density at radius 1 is 1.28 bits per heavy atom. The van der Waals surface area contributed by atoms with Crippen LogP contribution in [0.25, 0.3) is 0 Å². The van der Waals surface area contributed by atoms with Crippen LogP contribution in [0.1, 0.15) is 6.42 Å². The second kappa shape index (κ2) is 4.68. The summed E-state index contributed by atoms with van der Waals surface area (Å²) in [6, 6.07) is 7.07. The first-order valence-corrected chi connectivity index (χ1v) is 5.69. The predicted octanol–water partition coefficient (Wildman–Crippen LogP) is 1.38. The minimum absolute atomic E-state index is 0.146. The number of benzene rings is 1. The van der Waals surface area contributed by atoms with Crippen molar-refractivity contribution in [3.63, 3.8) is 0 Å². The molecule has 0 spiro atoms. The smallest absolute Gasteiger partial charge is 0.307 e. The first-order valence-electron chi connectivity index (χ1n) is 5.69. The molecule has 2 atom stereocenters. The molecular formula is C13H15NO4. The van der Waals surface area contributed by atoms with Gasteiger partial charge in [0.05, 0.1) is 18.9 Å². The van der Waals surface area contributed by atoms with Crippen molar-refractivity contribution in [2.45, 2.75) is 6.42 Å². The summed E-state index contributed by atoms with van der Waals surface area (Å²) in [6.45, 7) is 0. The lowest BCUT2D eigenvalue weighted by atomic mass is 10.2. The second-order valence-electron chi connectivity index (χ2n) is 4.38. The number of nitrogens with zero attached hydrogens (tertiary/aromatic N) is 1. The fourth-order valence-corrected chi connectivity index (χ4v) is 1.92. The van der Waals surface area contributed by atoms with Crippen LogP contribution in [0.4, 0.5) is 5.69 Å². The molecular weight excluding hydrogens is 234 g/mol. The SMILES string of the molecule is COc1ccc(N(C)C(=O)C2CC2C(=O)O)cc1. The molecule has 1 aromatic rings. The Bertz CT molecular complexity index is 468. The number of carbonyl (C=O) groups excluding carboxylic acids is 1. The number of anilines is 1. The third-order valence-corrected chi connectivity index (χ3v) is 3.22. The van der Waals surface area contributed by atoms with Crippen LogP contribution < -0.4 is 9.64 Å². The van der Waals surface area contributed by atoms with E-state index in [9.17, 15) is 9.59 Å². The maximum absolute atomic E-state index is 12.0. The predicted molar refractivity (Wildman–Crippen MR) is 65.6 cm³/mol. The van der Waals surface area contributed by atoms with Gasteiger partial charge in [-0.05, 0) is 30.7 Å². The Hall–Kier alpha value is -2.04. The zero-order valence-electron chi connectivity index (χ0n) is 10.3. The van der Waals surface area contributed by atoms with Crippen molar-refractivity contribution in [2.75, 3.05) is 19.1 Å². The number of carboxylic acids is 1. The number of amides is 1. The van der Waals surface area contributed by atoms with Gasteiger partial charge in [-0.15, -0.1) is 0 Å². The van der Waals surface area contributed by atoms with Crippen LogP contribution in [0.5, 0.6) is 5.75 Å². The Morgan fingerprint density at radius 3 is 2.33 bits per heavy atom. The highest BCUT2D eigenvalue weighted by molar-refractivity contribution is 5.99. The number of carboxylic acid groups (broad SMARTS) is 1. The molecule has 2 rings (SSSR count). The Morgan fingerprint density at radius 2 is 1.89 bits per heavy atom. The standard InChI is InChI=1S/C13H15NO4/c1-14(8-3-5-9(18-2)6-4-8)12(15)10-7-11(10)13(16)17/h3-6,10-11H,7H2,1-2H3,(H,16,17). The first kappa shape index (κ1) is 12.4. The van der Waals surface area contributed by atoms with Crippen LogP contribution in [-0.2, 0) is 9.59 Å². The summed E-state index contributed by atoms with van der Waals surface area (Å²) in [7, 11) is 3.23. The van der Waals surface area contributed by atoms with Gasteiger partial charge in [0, 0.05) is 12.7 Å². The van der Waals surface area contributed by atoms with Crippen LogP contribution in [0.15, 0.2) is 24.3 Å². The molecule has 1 N–H and O–H groups in total. The van der Waals surface area contributed by atoms with E-state index < -0.39 is 11.9 Å². The monoisotopic (exact) mass is 249 g/mol. The van der Waals surface area contributed by atoms with E-state index in [2.05, 4.69) is 0 Å². The van der Waals surface area contributed by atoms with Crippen molar-refractivity contribution < 1.29 is 19.4 Å². The number of rotatable bonds is 4. The van der Waals surface area contributed by atoms with Gasteiger partial charge in [0.2, 0.25) is 5.91 Å². The van der Waals surface area contributed by atoms with Gasteiger partial charge in [-0.2, -0.15) is 0 Å². The normalized spacial score (nSPS) is 21.2. The minimum atomic E-state index is -0.892. The Kier molecular flexibility index (Phi) is 3.23. The van der Waals surface area contributed by atoms with E-state index in [1.807, 2.05) is 0 Å². The number of ether oxygens (including phenoxy) is 1. The molecule has 1 aliphatic rings. The number of hydrogen-bond donors (Lipinski definition) is 1. The molecule has 5 heteroatoms. The Balaban J connectivity index is 2.04. The number of hydrogen-bond acceptors (Lipinski definition) is 3. The van der Waals surface area contributed by atoms with Gasteiger partial charge in [0.25, 0.3) is 0 Å². The van der Waals surface area contributed by atoms with Crippen molar-refractivity contribution in [1.82, 2.24) is 0 Å². The molecule has 18 heavy (non-hydrogen) atoms.